The third kappa shape index (κ3) is 2.39. The molecule has 0 saturated carbocycles. The maximum absolute atomic E-state index is 11.1. The van der Waals surface area contributed by atoms with Crippen LogP contribution < -0.4 is 0 Å². The summed E-state index contributed by atoms with van der Waals surface area (Å²) < 4.78 is 0.889. The van der Waals surface area contributed by atoms with Gasteiger partial charge in [0.1, 0.15) is 5.69 Å². The largest absolute Gasteiger partial charge is 0.245 e. The van der Waals surface area contributed by atoms with Gasteiger partial charge in [-0.2, -0.15) is 0 Å². The van der Waals surface area contributed by atoms with E-state index in [0.717, 1.165) is 28.6 Å². The summed E-state index contributed by atoms with van der Waals surface area (Å²) in [6.07, 6.45) is 1.73. The van der Waals surface area contributed by atoms with E-state index in [1.165, 1.54) is 16.9 Å². The van der Waals surface area contributed by atoms with E-state index < -0.39 is 0 Å². The van der Waals surface area contributed by atoms with Crippen molar-refractivity contribution < 1.29 is 0 Å². The zero-order chi connectivity index (χ0) is 13.1. The molecule has 2 aromatic carbocycles. The van der Waals surface area contributed by atoms with Crippen molar-refractivity contribution in [1.82, 2.24) is 4.98 Å². The second-order valence-corrected chi connectivity index (χ2v) is 5.21. The first-order valence-corrected chi connectivity index (χ1v) is 6.99. The van der Waals surface area contributed by atoms with Gasteiger partial charge in [0.15, 0.2) is 0 Å². The van der Waals surface area contributed by atoms with Crippen molar-refractivity contribution in [2.45, 2.75) is 12.8 Å². The number of hydrogen-bond donors (Lipinski definition) is 0. The monoisotopic (exact) mass is 268 g/mol. The first-order valence-electron chi connectivity index (χ1n) is 6.11. The molecule has 0 N–H and O–H groups in total. The minimum absolute atomic E-state index is 0.552. The normalized spacial score (nSPS) is 10.7. The van der Waals surface area contributed by atoms with Crippen LogP contribution in [0.3, 0.4) is 0 Å². The topological polar surface area (TPSA) is 42.3 Å². The van der Waals surface area contributed by atoms with E-state index in [1.54, 1.807) is 5.51 Å². The summed E-state index contributed by atoms with van der Waals surface area (Å²) >= 11 is 1.47. The predicted molar refractivity (Wildman–Crippen MR) is 78.9 cm³/mol. The summed E-state index contributed by atoms with van der Waals surface area (Å²) in [6.45, 7) is 0. The maximum atomic E-state index is 11.1. The molecule has 3 rings (SSSR count). The second-order valence-electron chi connectivity index (χ2n) is 4.35. The van der Waals surface area contributed by atoms with Crippen LogP contribution in [-0.4, -0.2) is 4.98 Å². The Morgan fingerprint density at radius 2 is 1.89 bits per heavy atom. The van der Waals surface area contributed by atoms with Crippen molar-refractivity contribution >= 4 is 27.2 Å². The summed E-state index contributed by atoms with van der Waals surface area (Å²) in [5.41, 5.74) is 5.42. The van der Waals surface area contributed by atoms with Gasteiger partial charge in [-0.05, 0) is 35.2 Å². The van der Waals surface area contributed by atoms with Gasteiger partial charge in [-0.3, -0.25) is 0 Å². The molecule has 0 aliphatic rings. The molecule has 3 aromatic rings. The number of thiazole rings is 1. The molecule has 3 nitrogen and oxygen atoms in total. The summed E-state index contributed by atoms with van der Waals surface area (Å²) in [4.78, 5) is 15.3. The molecule has 0 spiro atoms. The van der Waals surface area contributed by atoms with Gasteiger partial charge < -0.3 is 0 Å². The van der Waals surface area contributed by atoms with E-state index >= 15 is 0 Å². The number of fused-ring (bicyclic) bond motifs is 1. The van der Waals surface area contributed by atoms with Crippen LogP contribution in [0.4, 0.5) is 5.69 Å². The summed E-state index contributed by atoms with van der Waals surface area (Å²) in [7, 11) is 0. The van der Waals surface area contributed by atoms with Gasteiger partial charge in [0.25, 0.3) is 0 Å². The molecular weight excluding hydrogens is 256 g/mol. The van der Waals surface area contributed by atoms with Crippen LogP contribution in [0.5, 0.6) is 0 Å². The highest BCUT2D eigenvalue weighted by atomic mass is 32.1. The van der Waals surface area contributed by atoms with E-state index in [4.69, 9.17) is 0 Å². The van der Waals surface area contributed by atoms with Gasteiger partial charge in [0.05, 0.1) is 15.7 Å². The number of nitrogens with zero attached hydrogens (tertiary/aromatic N) is 2. The van der Waals surface area contributed by atoms with Gasteiger partial charge in [-0.15, -0.1) is 16.2 Å². The molecule has 4 heteroatoms. The third-order valence-electron chi connectivity index (χ3n) is 3.17. The van der Waals surface area contributed by atoms with Crippen molar-refractivity contribution in [3.63, 3.8) is 0 Å². The lowest BCUT2D eigenvalue weighted by molar-refractivity contribution is 0.961. The van der Waals surface area contributed by atoms with Gasteiger partial charge >= 0.3 is 0 Å². The minimum Gasteiger partial charge on any atom is -0.245 e. The number of nitroso groups, excluding NO2 is 1. The SMILES string of the molecule is O=Nc1c(CCc2ccccc2)ccc2ncsc12. The molecular formula is C15H12N2OS. The smallest absolute Gasteiger partial charge is 0.130 e. The Morgan fingerprint density at radius 1 is 1.05 bits per heavy atom. The lowest BCUT2D eigenvalue weighted by atomic mass is 10.0. The Morgan fingerprint density at radius 3 is 2.68 bits per heavy atom. The van der Waals surface area contributed by atoms with Gasteiger partial charge in [0, 0.05) is 0 Å². The molecule has 0 atom stereocenters. The third-order valence-corrected chi connectivity index (χ3v) is 4.02. The average Bonchev–Trinajstić information content (AvgIpc) is 2.94. The zero-order valence-corrected chi connectivity index (χ0v) is 11.1. The Balaban J connectivity index is 1.90. The molecule has 0 amide bonds. The minimum atomic E-state index is 0.552. The summed E-state index contributed by atoms with van der Waals surface area (Å²) in [5, 5.41) is 3.20. The summed E-state index contributed by atoms with van der Waals surface area (Å²) in [5.74, 6) is 0. The first-order chi connectivity index (χ1) is 9.38. The van der Waals surface area contributed by atoms with Crippen LogP contribution >= 0.6 is 11.3 Å². The molecule has 1 aromatic heterocycles. The van der Waals surface area contributed by atoms with Crippen molar-refractivity contribution in [3.05, 3.63) is 64.0 Å². The predicted octanol–water partition coefficient (Wildman–Crippen LogP) is 4.48. The lowest BCUT2D eigenvalue weighted by Gasteiger charge is -2.04. The molecule has 0 fully saturated rings. The molecule has 1 heterocycles. The molecule has 0 radical (unpaired) electrons. The van der Waals surface area contributed by atoms with Crippen LogP contribution in [0.1, 0.15) is 11.1 Å². The Bertz CT molecular complexity index is 706. The fourth-order valence-electron chi connectivity index (χ4n) is 2.18. The molecule has 0 aliphatic heterocycles. The first kappa shape index (κ1) is 12.0. The standard InChI is InChI=1S/C15H12N2OS/c18-17-14-12(7-6-11-4-2-1-3-5-11)8-9-13-15(14)19-10-16-13/h1-5,8-10H,6-7H2. The lowest BCUT2D eigenvalue weighted by Crippen LogP contribution is -1.91. The van der Waals surface area contributed by atoms with Crippen LogP contribution in [0.15, 0.2) is 53.2 Å². The molecule has 0 aliphatic carbocycles. The van der Waals surface area contributed by atoms with Crippen LogP contribution in [0.2, 0.25) is 0 Å². The van der Waals surface area contributed by atoms with Crippen molar-refractivity contribution in [2.75, 3.05) is 0 Å². The zero-order valence-electron chi connectivity index (χ0n) is 10.2. The highest BCUT2D eigenvalue weighted by Gasteiger charge is 2.10. The Labute approximate surface area is 114 Å². The highest BCUT2D eigenvalue weighted by Crippen LogP contribution is 2.33. The molecule has 94 valence electrons. The Kier molecular flexibility index (Phi) is 3.33. The molecule has 0 bridgehead atoms. The van der Waals surface area contributed by atoms with Gasteiger partial charge in [0.2, 0.25) is 0 Å². The van der Waals surface area contributed by atoms with E-state index in [1.807, 2.05) is 30.3 Å². The van der Waals surface area contributed by atoms with Crippen molar-refractivity contribution in [2.24, 2.45) is 5.18 Å². The average molecular weight is 268 g/mol. The fraction of sp³-hybridized carbons (Fsp3) is 0.133. The van der Waals surface area contributed by atoms with Crippen molar-refractivity contribution in [1.29, 1.82) is 0 Å². The Hall–Kier alpha value is -2.07. The number of rotatable bonds is 4. The van der Waals surface area contributed by atoms with Crippen molar-refractivity contribution in [3.8, 4) is 0 Å². The molecule has 19 heavy (non-hydrogen) atoms. The number of aromatic nitrogens is 1. The van der Waals surface area contributed by atoms with Crippen LogP contribution in [-0.2, 0) is 12.8 Å². The molecule has 0 unspecified atom stereocenters. The molecule has 0 saturated heterocycles. The fourth-order valence-corrected chi connectivity index (χ4v) is 2.97. The summed E-state index contributed by atoms with van der Waals surface area (Å²) in [6, 6.07) is 14.2. The van der Waals surface area contributed by atoms with E-state index in [0.29, 0.717) is 5.69 Å². The number of benzene rings is 2. The number of aryl methyl sites for hydroxylation is 2. The quantitative estimate of drug-likeness (QED) is 0.655. The van der Waals surface area contributed by atoms with Crippen LogP contribution in [0.25, 0.3) is 10.2 Å². The second kappa shape index (κ2) is 5.28. The van der Waals surface area contributed by atoms with Crippen LogP contribution in [0, 0.1) is 4.91 Å². The van der Waals surface area contributed by atoms with E-state index in [2.05, 4.69) is 22.3 Å². The van der Waals surface area contributed by atoms with Gasteiger partial charge in [-0.25, -0.2) is 4.98 Å². The number of hydrogen-bond acceptors (Lipinski definition) is 4. The van der Waals surface area contributed by atoms with E-state index in [9.17, 15) is 4.91 Å². The highest BCUT2D eigenvalue weighted by molar-refractivity contribution is 7.17. The van der Waals surface area contributed by atoms with E-state index in [-0.39, 0.29) is 0 Å². The van der Waals surface area contributed by atoms with Gasteiger partial charge in [-0.1, -0.05) is 36.4 Å². The maximum Gasteiger partial charge on any atom is 0.130 e.